The number of rotatable bonds is 3. The van der Waals surface area contributed by atoms with Crippen molar-refractivity contribution < 1.29 is 5.11 Å². The van der Waals surface area contributed by atoms with E-state index in [1.807, 2.05) is 18.2 Å². The quantitative estimate of drug-likeness (QED) is 0.605. The lowest BCUT2D eigenvalue weighted by Gasteiger charge is -2.10. The average Bonchev–Trinajstić information content (AvgIpc) is 2.92. The molecule has 2 aromatic heterocycles. The predicted molar refractivity (Wildman–Crippen MR) is 93.8 cm³/mol. The van der Waals surface area contributed by atoms with Crippen molar-refractivity contribution in [3.05, 3.63) is 72.1 Å². The van der Waals surface area contributed by atoms with Gasteiger partial charge in [-0.2, -0.15) is 0 Å². The Bertz CT molecular complexity index is 987. The van der Waals surface area contributed by atoms with Crippen LogP contribution in [0.25, 0.3) is 21.8 Å². The van der Waals surface area contributed by atoms with Gasteiger partial charge in [-0.3, -0.25) is 4.98 Å². The van der Waals surface area contributed by atoms with Crippen LogP contribution in [0, 0.1) is 0 Å². The molecule has 0 bridgehead atoms. The Hall–Kier alpha value is -2.81. The molecular weight excluding hydrogens is 284 g/mol. The molecule has 0 radical (unpaired) electrons. The third kappa shape index (κ3) is 2.16. The van der Waals surface area contributed by atoms with Crippen LogP contribution in [-0.4, -0.2) is 14.7 Å². The van der Waals surface area contributed by atoms with Crippen molar-refractivity contribution in [2.75, 3.05) is 0 Å². The SMILES string of the molecule is CCc1ncc(O)c2c3ccccc3n(Cc3ccccc3)c12. The van der Waals surface area contributed by atoms with Crippen LogP contribution in [0.3, 0.4) is 0 Å². The lowest BCUT2D eigenvalue weighted by molar-refractivity contribution is 0.479. The number of hydrogen-bond acceptors (Lipinski definition) is 2. The summed E-state index contributed by atoms with van der Waals surface area (Å²) in [6.45, 7) is 2.87. The zero-order valence-corrected chi connectivity index (χ0v) is 13.0. The van der Waals surface area contributed by atoms with Gasteiger partial charge in [0.2, 0.25) is 0 Å². The third-order valence-corrected chi connectivity index (χ3v) is 4.36. The van der Waals surface area contributed by atoms with Crippen LogP contribution in [0.1, 0.15) is 18.2 Å². The Morgan fingerprint density at radius 2 is 1.74 bits per heavy atom. The highest BCUT2D eigenvalue weighted by Crippen LogP contribution is 2.36. The van der Waals surface area contributed by atoms with E-state index in [9.17, 15) is 5.11 Å². The summed E-state index contributed by atoms with van der Waals surface area (Å²) >= 11 is 0. The van der Waals surface area contributed by atoms with E-state index in [2.05, 4.69) is 52.9 Å². The van der Waals surface area contributed by atoms with E-state index in [1.54, 1.807) is 6.20 Å². The molecule has 0 aliphatic heterocycles. The first-order valence-electron chi connectivity index (χ1n) is 7.91. The predicted octanol–water partition coefficient (Wildman–Crippen LogP) is 4.51. The Labute approximate surface area is 134 Å². The summed E-state index contributed by atoms with van der Waals surface area (Å²) in [6.07, 6.45) is 2.41. The summed E-state index contributed by atoms with van der Waals surface area (Å²) in [5.41, 5.74) is 4.42. The fourth-order valence-corrected chi connectivity index (χ4v) is 3.32. The largest absolute Gasteiger partial charge is 0.506 e. The van der Waals surface area contributed by atoms with Crippen LogP contribution >= 0.6 is 0 Å². The van der Waals surface area contributed by atoms with E-state index in [0.717, 1.165) is 40.5 Å². The van der Waals surface area contributed by atoms with Gasteiger partial charge in [-0.05, 0) is 18.1 Å². The van der Waals surface area contributed by atoms with Crippen LogP contribution in [0.2, 0.25) is 0 Å². The zero-order valence-electron chi connectivity index (χ0n) is 13.0. The minimum atomic E-state index is 0.250. The molecular formula is C20H18N2O. The number of aromatic nitrogens is 2. The van der Waals surface area contributed by atoms with Crippen molar-refractivity contribution in [1.29, 1.82) is 0 Å². The zero-order chi connectivity index (χ0) is 15.8. The highest BCUT2D eigenvalue weighted by molar-refractivity contribution is 6.11. The smallest absolute Gasteiger partial charge is 0.143 e. The molecule has 1 N–H and O–H groups in total. The average molecular weight is 302 g/mol. The molecule has 2 aromatic carbocycles. The van der Waals surface area contributed by atoms with E-state index >= 15 is 0 Å². The van der Waals surface area contributed by atoms with Gasteiger partial charge in [0.1, 0.15) is 5.75 Å². The number of aryl methyl sites for hydroxylation is 1. The van der Waals surface area contributed by atoms with E-state index in [-0.39, 0.29) is 5.75 Å². The summed E-state index contributed by atoms with van der Waals surface area (Å²) in [7, 11) is 0. The van der Waals surface area contributed by atoms with E-state index in [1.165, 1.54) is 5.56 Å². The van der Waals surface area contributed by atoms with Gasteiger partial charge in [-0.15, -0.1) is 0 Å². The fourth-order valence-electron chi connectivity index (χ4n) is 3.32. The second-order valence-corrected chi connectivity index (χ2v) is 5.76. The standard InChI is InChI=1S/C20H18N2O/c1-2-16-20-19(18(23)12-21-16)15-10-6-7-11-17(15)22(20)13-14-8-4-3-5-9-14/h3-12,23H,2,13H2,1H3. The molecule has 0 spiro atoms. The fraction of sp³-hybridized carbons (Fsp3) is 0.150. The minimum Gasteiger partial charge on any atom is -0.506 e. The van der Waals surface area contributed by atoms with E-state index in [0.29, 0.717) is 0 Å². The lowest BCUT2D eigenvalue weighted by atomic mass is 10.1. The van der Waals surface area contributed by atoms with Gasteiger partial charge >= 0.3 is 0 Å². The van der Waals surface area contributed by atoms with Crippen molar-refractivity contribution >= 4 is 21.8 Å². The van der Waals surface area contributed by atoms with Crippen molar-refractivity contribution in [1.82, 2.24) is 9.55 Å². The Kier molecular flexibility index (Phi) is 3.27. The molecule has 4 rings (SSSR count). The highest BCUT2D eigenvalue weighted by atomic mass is 16.3. The molecule has 2 heterocycles. The first-order chi connectivity index (χ1) is 11.3. The first-order valence-corrected chi connectivity index (χ1v) is 7.91. The summed E-state index contributed by atoms with van der Waals surface area (Å²) in [6, 6.07) is 18.6. The van der Waals surface area contributed by atoms with Crippen molar-refractivity contribution in [3.8, 4) is 5.75 Å². The van der Waals surface area contributed by atoms with E-state index < -0.39 is 0 Å². The summed E-state index contributed by atoms with van der Waals surface area (Å²) in [5, 5.41) is 12.4. The van der Waals surface area contributed by atoms with Crippen LogP contribution in [0.4, 0.5) is 0 Å². The lowest BCUT2D eigenvalue weighted by Crippen LogP contribution is -2.02. The summed E-state index contributed by atoms with van der Waals surface area (Å²) in [4.78, 5) is 4.45. The maximum Gasteiger partial charge on any atom is 0.143 e. The number of para-hydroxylation sites is 1. The molecule has 0 fully saturated rings. The number of aromatic hydroxyl groups is 1. The molecule has 23 heavy (non-hydrogen) atoms. The molecule has 0 saturated heterocycles. The molecule has 0 amide bonds. The number of hydrogen-bond donors (Lipinski definition) is 1. The Morgan fingerprint density at radius 1 is 1.00 bits per heavy atom. The summed E-state index contributed by atoms with van der Waals surface area (Å²) in [5.74, 6) is 0.250. The topological polar surface area (TPSA) is 38.1 Å². The van der Waals surface area contributed by atoms with Crippen LogP contribution in [0.15, 0.2) is 60.8 Å². The van der Waals surface area contributed by atoms with Crippen molar-refractivity contribution in [2.24, 2.45) is 0 Å². The minimum absolute atomic E-state index is 0.250. The molecule has 0 aliphatic rings. The van der Waals surface area contributed by atoms with Crippen LogP contribution < -0.4 is 0 Å². The third-order valence-electron chi connectivity index (χ3n) is 4.36. The molecule has 0 aliphatic carbocycles. The molecule has 114 valence electrons. The van der Waals surface area contributed by atoms with Gasteiger partial charge in [0.25, 0.3) is 0 Å². The second-order valence-electron chi connectivity index (χ2n) is 5.76. The van der Waals surface area contributed by atoms with Crippen molar-refractivity contribution in [3.63, 3.8) is 0 Å². The number of nitrogens with zero attached hydrogens (tertiary/aromatic N) is 2. The van der Waals surface area contributed by atoms with Crippen LogP contribution in [-0.2, 0) is 13.0 Å². The highest BCUT2D eigenvalue weighted by Gasteiger charge is 2.17. The van der Waals surface area contributed by atoms with Gasteiger partial charge < -0.3 is 9.67 Å². The molecule has 0 saturated carbocycles. The van der Waals surface area contributed by atoms with Gasteiger partial charge in [0, 0.05) is 17.4 Å². The maximum absolute atomic E-state index is 10.4. The molecule has 3 heteroatoms. The summed E-state index contributed by atoms with van der Waals surface area (Å²) < 4.78 is 2.27. The number of pyridine rings is 1. The van der Waals surface area contributed by atoms with E-state index in [4.69, 9.17) is 0 Å². The van der Waals surface area contributed by atoms with Crippen LogP contribution in [0.5, 0.6) is 5.75 Å². The molecule has 4 aromatic rings. The number of benzene rings is 2. The Morgan fingerprint density at radius 3 is 2.52 bits per heavy atom. The van der Waals surface area contributed by atoms with Gasteiger partial charge in [0.05, 0.1) is 22.8 Å². The Balaban J connectivity index is 2.09. The first kappa shape index (κ1) is 13.8. The van der Waals surface area contributed by atoms with Gasteiger partial charge in [-0.1, -0.05) is 55.5 Å². The van der Waals surface area contributed by atoms with Gasteiger partial charge in [0.15, 0.2) is 0 Å². The monoisotopic (exact) mass is 302 g/mol. The van der Waals surface area contributed by atoms with Gasteiger partial charge in [-0.25, -0.2) is 0 Å². The maximum atomic E-state index is 10.4. The number of fused-ring (bicyclic) bond motifs is 3. The normalized spacial score (nSPS) is 11.3. The molecule has 0 atom stereocenters. The molecule has 3 nitrogen and oxygen atoms in total. The molecule has 0 unspecified atom stereocenters. The second kappa shape index (κ2) is 5.43. The van der Waals surface area contributed by atoms with Crippen molar-refractivity contribution in [2.45, 2.75) is 19.9 Å².